The number of aromatic nitrogens is 1. The molecule has 4 rings (SSSR count). The lowest BCUT2D eigenvalue weighted by Crippen LogP contribution is -2.11. The highest BCUT2D eigenvalue weighted by atomic mass is 79.9. The number of hydrogen-bond acceptors (Lipinski definition) is 3. The fraction of sp³-hybridized carbons (Fsp3) is 0.0476. The van der Waals surface area contributed by atoms with Crippen molar-refractivity contribution in [3.05, 3.63) is 82.3 Å². The molecule has 1 N–H and O–H groups in total. The summed E-state index contributed by atoms with van der Waals surface area (Å²) in [5.41, 5.74) is 4.69. The van der Waals surface area contributed by atoms with E-state index in [0.29, 0.717) is 28.2 Å². The van der Waals surface area contributed by atoms with Crippen molar-refractivity contribution in [3.63, 3.8) is 0 Å². The summed E-state index contributed by atoms with van der Waals surface area (Å²) in [6.45, 7) is 1.99. The summed E-state index contributed by atoms with van der Waals surface area (Å²) < 4.78 is 6.81. The monoisotopic (exact) mass is 406 g/mol. The number of amides is 1. The van der Waals surface area contributed by atoms with Crippen molar-refractivity contribution in [1.82, 2.24) is 4.98 Å². The number of hydrogen-bond donors (Lipinski definition) is 1. The lowest BCUT2D eigenvalue weighted by molar-refractivity contribution is 0.102. The number of carbonyl (C=O) groups excluding carboxylic acids is 1. The topological polar surface area (TPSA) is 55.1 Å². The molecule has 4 aromatic rings. The number of oxazole rings is 1. The van der Waals surface area contributed by atoms with Crippen LogP contribution in [0.25, 0.3) is 22.6 Å². The molecule has 0 aliphatic heterocycles. The first-order valence-electron chi connectivity index (χ1n) is 8.13. The molecule has 0 saturated carbocycles. The van der Waals surface area contributed by atoms with Crippen molar-refractivity contribution in [1.29, 1.82) is 0 Å². The summed E-state index contributed by atoms with van der Waals surface area (Å²) in [7, 11) is 0. The SMILES string of the molecule is Cc1ccc(C(=O)Nc2ccc3oc(-c4ccc(Br)cc4)nc3c2)cc1. The first-order chi connectivity index (χ1) is 12.6. The first-order valence-corrected chi connectivity index (χ1v) is 8.92. The van der Waals surface area contributed by atoms with Gasteiger partial charge in [-0.15, -0.1) is 0 Å². The van der Waals surface area contributed by atoms with E-state index in [1.54, 1.807) is 0 Å². The Kier molecular flexibility index (Phi) is 4.31. The molecule has 0 atom stereocenters. The van der Waals surface area contributed by atoms with E-state index >= 15 is 0 Å². The molecule has 26 heavy (non-hydrogen) atoms. The molecule has 1 heterocycles. The van der Waals surface area contributed by atoms with Gasteiger partial charge in [0.05, 0.1) is 0 Å². The van der Waals surface area contributed by atoms with E-state index in [9.17, 15) is 4.79 Å². The van der Waals surface area contributed by atoms with Crippen LogP contribution in [0.1, 0.15) is 15.9 Å². The predicted molar refractivity (Wildman–Crippen MR) is 106 cm³/mol. The Bertz CT molecular complexity index is 1080. The number of nitrogens with one attached hydrogen (secondary N) is 1. The Hall–Kier alpha value is -2.92. The molecule has 0 bridgehead atoms. The van der Waals surface area contributed by atoms with E-state index in [1.165, 1.54) is 0 Å². The maximum atomic E-state index is 12.4. The van der Waals surface area contributed by atoms with E-state index in [-0.39, 0.29) is 5.91 Å². The van der Waals surface area contributed by atoms with Crippen LogP contribution in [0.4, 0.5) is 5.69 Å². The fourth-order valence-electron chi connectivity index (χ4n) is 2.63. The fourth-order valence-corrected chi connectivity index (χ4v) is 2.89. The van der Waals surface area contributed by atoms with Gasteiger partial charge in [-0.25, -0.2) is 4.98 Å². The zero-order valence-corrected chi connectivity index (χ0v) is 15.6. The molecule has 3 aromatic carbocycles. The third kappa shape index (κ3) is 3.39. The van der Waals surface area contributed by atoms with Gasteiger partial charge in [0.15, 0.2) is 5.58 Å². The van der Waals surface area contributed by atoms with Crippen molar-refractivity contribution >= 4 is 38.6 Å². The van der Waals surface area contributed by atoms with Gasteiger partial charge in [0.25, 0.3) is 5.91 Å². The van der Waals surface area contributed by atoms with Gasteiger partial charge in [0, 0.05) is 21.3 Å². The highest BCUT2D eigenvalue weighted by Crippen LogP contribution is 2.27. The average Bonchev–Trinajstić information content (AvgIpc) is 3.06. The summed E-state index contributed by atoms with van der Waals surface area (Å²) >= 11 is 3.42. The highest BCUT2D eigenvalue weighted by Gasteiger charge is 2.11. The molecule has 5 heteroatoms. The van der Waals surface area contributed by atoms with Gasteiger partial charge in [-0.2, -0.15) is 0 Å². The second kappa shape index (κ2) is 6.77. The summed E-state index contributed by atoms with van der Waals surface area (Å²) in [5, 5.41) is 2.90. The number of nitrogens with zero attached hydrogens (tertiary/aromatic N) is 1. The lowest BCUT2D eigenvalue weighted by Gasteiger charge is -2.05. The van der Waals surface area contributed by atoms with Crippen molar-refractivity contribution in [2.45, 2.75) is 6.92 Å². The number of fused-ring (bicyclic) bond motifs is 1. The van der Waals surface area contributed by atoms with Crippen LogP contribution in [0.5, 0.6) is 0 Å². The Morgan fingerprint density at radius 1 is 1.00 bits per heavy atom. The van der Waals surface area contributed by atoms with E-state index in [2.05, 4.69) is 26.2 Å². The number of benzene rings is 3. The van der Waals surface area contributed by atoms with Crippen molar-refractivity contribution in [2.24, 2.45) is 0 Å². The van der Waals surface area contributed by atoms with Crippen LogP contribution in [0.15, 0.2) is 75.6 Å². The van der Waals surface area contributed by atoms with E-state index in [1.807, 2.05) is 73.7 Å². The minimum Gasteiger partial charge on any atom is -0.436 e. The van der Waals surface area contributed by atoms with E-state index in [0.717, 1.165) is 15.6 Å². The lowest BCUT2D eigenvalue weighted by atomic mass is 10.1. The molecule has 0 fully saturated rings. The van der Waals surface area contributed by atoms with Gasteiger partial charge in [0.1, 0.15) is 5.52 Å². The first kappa shape index (κ1) is 16.5. The van der Waals surface area contributed by atoms with Crippen LogP contribution in [0.3, 0.4) is 0 Å². The minimum atomic E-state index is -0.152. The van der Waals surface area contributed by atoms with Crippen LogP contribution in [0, 0.1) is 6.92 Å². The molecule has 0 aliphatic rings. The second-order valence-corrected chi connectivity index (χ2v) is 6.94. The Morgan fingerprint density at radius 2 is 1.73 bits per heavy atom. The summed E-state index contributed by atoms with van der Waals surface area (Å²) in [6, 6.07) is 20.7. The Balaban J connectivity index is 1.60. The maximum absolute atomic E-state index is 12.4. The third-order valence-corrected chi connectivity index (χ3v) is 4.58. The minimum absolute atomic E-state index is 0.152. The van der Waals surface area contributed by atoms with Crippen LogP contribution < -0.4 is 5.32 Å². The second-order valence-electron chi connectivity index (χ2n) is 6.03. The third-order valence-electron chi connectivity index (χ3n) is 4.05. The van der Waals surface area contributed by atoms with Crippen molar-refractivity contribution in [2.75, 3.05) is 5.32 Å². The number of anilines is 1. The van der Waals surface area contributed by atoms with Gasteiger partial charge in [0.2, 0.25) is 5.89 Å². The number of rotatable bonds is 3. The zero-order chi connectivity index (χ0) is 18.1. The standard InChI is InChI=1S/C21H15BrN2O2/c1-13-2-4-14(5-3-13)20(25)23-17-10-11-19-18(12-17)24-21(26-19)15-6-8-16(22)9-7-15/h2-12H,1H3,(H,23,25). The molecule has 1 aromatic heterocycles. The van der Waals surface area contributed by atoms with Crippen LogP contribution >= 0.6 is 15.9 Å². The van der Waals surface area contributed by atoms with Gasteiger partial charge in [-0.1, -0.05) is 33.6 Å². The average molecular weight is 407 g/mol. The van der Waals surface area contributed by atoms with E-state index in [4.69, 9.17) is 4.42 Å². The summed E-state index contributed by atoms with van der Waals surface area (Å²) in [6.07, 6.45) is 0. The highest BCUT2D eigenvalue weighted by molar-refractivity contribution is 9.10. The maximum Gasteiger partial charge on any atom is 0.255 e. The molecular formula is C21H15BrN2O2. The number of halogens is 1. The molecule has 1 amide bonds. The molecule has 0 unspecified atom stereocenters. The van der Waals surface area contributed by atoms with Gasteiger partial charge < -0.3 is 9.73 Å². The number of carbonyl (C=O) groups is 1. The zero-order valence-electron chi connectivity index (χ0n) is 14.0. The van der Waals surface area contributed by atoms with Crippen LogP contribution in [0.2, 0.25) is 0 Å². The molecule has 0 radical (unpaired) electrons. The van der Waals surface area contributed by atoms with Gasteiger partial charge >= 0.3 is 0 Å². The summed E-state index contributed by atoms with van der Waals surface area (Å²) in [5.74, 6) is 0.399. The smallest absolute Gasteiger partial charge is 0.255 e. The van der Waals surface area contributed by atoms with Crippen molar-refractivity contribution < 1.29 is 9.21 Å². The molecule has 0 saturated heterocycles. The normalized spacial score (nSPS) is 10.8. The molecule has 0 aliphatic carbocycles. The van der Waals surface area contributed by atoms with Crippen molar-refractivity contribution in [3.8, 4) is 11.5 Å². The van der Waals surface area contributed by atoms with E-state index < -0.39 is 0 Å². The largest absolute Gasteiger partial charge is 0.436 e. The number of aryl methyl sites for hydroxylation is 1. The quantitative estimate of drug-likeness (QED) is 0.466. The molecule has 4 nitrogen and oxygen atoms in total. The van der Waals surface area contributed by atoms with Gasteiger partial charge in [-0.3, -0.25) is 4.79 Å². The van der Waals surface area contributed by atoms with Gasteiger partial charge in [-0.05, 0) is 61.5 Å². The summed E-state index contributed by atoms with van der Waals surface area (Å²) in [4.78, 5) is 16.9. The van der Waals surface area contributed by atoms with Crippen LogP contribution in [-0.4, -0.2) is 10.9 Å². The molecule has 128 valence electrons. The Labute approximate surface area is 159 Å². The molecular weight excluding hydrogens is 392 g/mol. The molecule has 0 spiro atoms. The predicted octanol–water partition coefficient (Wildman–Crippen LogP) is 5.82. The van der Waals surface area contributed by atoms with Crippen LogP contribution in [-0.2, 0) is 0 Å². The Morgan fingerprint density at radius 3 is 2.46 bits per heavy atom.